The fraction of sp³-hybridized carbons (Fsp3) is 0.130. The highest BCUT2D eigenvalue weighted by atomic mass is 16.5. The van der Waals surface area contributed by atoms with E-state index < -0.39 is 0 Å². The monoisotopic (exact) mass is 371 g/mol. The summed E-state index contributed by atoms with van der Waals surface area (Å²) in [5, 5.41) is 4.22. The highest BCUT2D eigenvalue weighted by molar-refractivity contribution is 5.94. The van der Waals surface area contributed by atoms with Gasteiger partial charge in [-0.2, -0.15) is 0 Å². The summed E-state index contributed by atoms with van der Waals surface area (Å²) >= 11 is 0. The van der Waals surface area contributed by atoms with Gasteiger partial charge in [0.15, 0.2) is 0 Å². The molecule has 4 aromatic rings. The lowest BCUT2D eigenvalue weighted by molar-refractivity contribution is 0.0952. The third kappa shape index (κ3) is 3.60. The Morgan fingerprint density at radius 1 is 1.07 bits per heavy atom. The Bertz CT molecular complexity index is 1070. The lowest BCUT2D eigenvalue weighted by atomic mass is 9.90. The Morgan fingerprint density at radius 2 is 1.82 bits per heavy atom. The lowest BCUT2D eigenvalue weighted by Crippen LogP contribution is -2.28. The van der Waals surface area contributed by atoms with Crippen LogP contribution in [0, 0.1) is 0 Å². The second kappa shape index (κ2) is 7.96. The number of nitrogens with one attached hydrogen (secondary N) is 2. The molecular weight excluding hydrogens is 350 g/mol. The van der Waals surface area contributed by atoms with E-state index in [1.165, 1.54) is 0 Å². The Hall–Kier alpha value is -3.60. The number of hydrogen-bond acceptors (Lipinski definition) is 3. The molecule has 140 valence electrons. The van der Waals surface area contributed by atoms with E-state index in [1.54, 1.807) is 31.6 Å². The molecule has 5 heteroatoms. The zero-order valence-corrected chi connectivity index (χ0v) is 15.6. The van der Waals surface area contributed by atoms with Gasteiger partial charge in [-0.3, -0.25) is 9.78 Å². The van der Waals surface area contributed by atoms with Gasteiger partial charge in [0.2, 0.25) is 0 Å². The molecular formula is C23H21N3O2. The predicted octanol–water partition coefficient (Wildman–Crippen LogP) is 4.13. The minimum atomic E-state index is -0.110. The number of H-pyrrole nitrogens is 1. The van der Waals surface area contributed by atoms with Crippen molar-refractivity contribution in [2.75, 3.05) is 13.7 Å². The van der Waals surface area contributed by atoms with Gasteiger partial charge in [0.25, 0.3) is 5.91 Å². The van der Waals surface area contributed by atoms with E-state index in [2.05, 4.69) is 27.4 Å². The summed E-state index contributed by atoms with van der Waals surface area (Å²) in [5.74, 6) is 0.704. The van der Waals surface area contributed by atoms with Crippen molar-refractivity contribution in [1.29, 1.82) is 0 Å². The fourth-order valence-electron chi connectivity index (χ4n) is 3.43. The lowest BCUT2D eigenvalue weighted by Gasteiger charge is -2.18. The van der Waals surface area contributed by atoms with Gasteiger partial charge in [-0.05, 0) is 41.5 Å². The largest absolute Gasteiger partial charge is 0.497 e. The minimum absolute atomic E-state index is 0.00726. The standard InChI is InChI=1S/C23H21N3O2/c1-28-18-8-6-16(7-9-18)20(14-26-23(27)17-10-12-24-13-11-17)21-15-25-22-5-3-2-4-19(21)22/h2-13,15,20,25H,14H2,1H3,(H,26,27)/t20-/m0/s1. The molecule has 0 saturated carbocycles. The Labute approximate surface area is 163 Å². The molecule has 2 aromatic carbocycles. The van der Waals surface area contributed by atoms with Gasteiger partial charge >= 0.3 is 0 Å². The van der Waals surface area contributed by atoms with Gasteiger partial charge in [0.1, 0.15) is 5.75 Å². The summed E-state index contributed by atoms with van der Waals surface area (Å²) in [7, 11) is 1.65. The van der Waals surface area contributed by atoms with E-state index in [4.69, 9.17) is 4.74 Å². The number of para-hydroxylation sites is 1. The Kier molecular flexibility index (Phi) is 5.06. The van der Waals surface area contributed by atoms with Gasteiger partial charge in [-0.25, -0.2) is 0 Å². The first-order valence-electron chi connectivity index (χ1n) is 9.14. The van der Waals surface area contributed by atoms with Crippen LogP contribution in [0.3, 0.4) is 0 Å². The molecule has 2 aromatic heterocycles. The zero-order chi connectivity index (χ0) is 19.3. The van der Waals surface area contributed by atoms with Crippen LogP contribution in [0.15, 0.2) is 79.3 Å². The Balaban J connectivity index is 1.66. The molecule has 0 aliphatic heterocycles. The number of rotatable bonds is 6. The number of carbonyl (C=O) groups is 1. The third-order valence-electron chi connectivity index (χ3n) is 4.92. The van der Waals surface area contributed by atoms with Crippen molar-refractivity contribution in [3.8, 4) is 5.75 Å². The van der Waals surface area contributed by atoms with Crippen molar-refractivity contribution >= 4 is 16.8 Å². The van der Waals surface area contributed by atoms with Gasteiger partial charge in [-0.15, -0.1) is 0 Å². The molecule has 0 radical (unpaired) electrons. The molecule has 2 N–H and O–H groups in total. The molecule has 0 bridgehead atoms. The summed E-state index contributed by atoms with van der Waals surface area (Å²) in [5.41, 5.74) is 3.94. The summed E-state index contributed by atoms with van der Waals surface area (Å²) in [4.78, 5) is 19.8. The summed E-state index contributed by atoms with van der Waals surface area (Å²) in [6.45, 7) is 0.481. The molecule has 0 aliphatic rings. The topological polar surface area (TPSA) is 67.0 Å². The maximum atomic E-state index is 12.5. The van der Waals surface area contributed by atoms with Crippen LogP contribution < -0.4 is 10.1 Å². The van der Waals surface area contributed by atoms with Gasteiger partial charge < -0.3 is 15.0 Å². The van der Waals surface area contributed by atoms with Crippen molar-refractivity contribution in [2.45, 2.75) is 5.92 Å². The normalized spacial score (nSPS) is 11.9. The van der Waals surface area contributed by atoms with Crippen LogP contribution in [0.1, 0.15) is 27.4 Å². The van der Waals surface area contributed by atoms with Crippen molar-refractivity contribution in [2.24, 2.45) is 0 Å². The highest BCUT2D eigenvalue weighted by Crippen LogP contribution is 2.31. The van der Waals surface area contributed by atoms with Crippen LogP contribution >= 0.6 is 0 Å². The average molecular weight is 371 g/mol. The van der Waals surface area contributed by atoms with Crippen LogP contribution in [0.5, 0.6) is 5.75 Å². The van der Waals surface area contributed by atoms with Crippen LogP contribution in [0.4, 0.5) is 0 Å². The number of aromatic nitrogens is 2. The number of carbonyl (C=O) groups excluding carboxylic acids is 1. The van der Waals surface area contributed by atoms with Gasteiger partial charge in [0.05, 0.1) is 7.11 Å². The van der Waals surface area contributed by atoms with E-state index in [0.29, 0.717) is 12.1 Å². The maximum absolute atomic E-state index is 12.5. The number of aromatic amines is 1. The Morgan fingerprint density at radius 3 is 2.57 bits per heavy atom. The summed E-state index contributed by atoms with van der Waals surface area (Å²) in [6, 6.07) is 19.6. The molecule has 0 aliphatic carbocycles. The van der Waals surface area contributed by atoms with Crippen molar-refractivity contribution in [3.05, 3.63) is 95.9 Å². The number of nitrogens with zero attached hydrogens (tertiary/aromatic N) is 1. The second-order valence-corrected chi connectivity index (χ2v) is 6.56. The van der Waals surface area contributed by atoms with E-state index in [1.807, 2.05) is 42.6 Å². The predicted molar refractivity (Wildman–Crippen MR) is 110 cm³/mol. The van der Waals surface area contributed by atoms with Crippen LogP contribution in [-0.2, 0) is 0 Å². The van der Waals surface area contributed by atoms with E-state index in [0.717, 1.165) is 27.8 Å². The molecule has 0 unspecified atom stereocenters. The molecule has 1 amide bonds. The van der Waals surface area contributed by atoms with E-state index >= 15 is 0 Å². The number of methoxy groups -OCH3 is 1. The molecule has 2 heterocycles. The second-order valence-electron chi connectivity index (χ2n) is 6.56. The highest BCUT2D eigenvalue weighted by Gasteiger charge is 2.19. The zero-order valence-electron chi connectivity index (χ0n) is 15.6. The van der Waals surface area contributed by atoms with Crippen molar-refractivity contribution < 1.29 is 9.53 Å². The SMILES string of the molecule is COc1ccc([C@H](CNC(=O)c2ccncc2)c2c[nH]c3ccccc23)cc1. The fourth-order valence-corrected chi connectivity index (χ4v) is 3.43. The summed E-state index contributed by atoms with van der Waals surface area (Å²) < 4.78 is 5.28. The number of hydrogen-bond donors (Lipinski definition) is 2. The number of fused-ring (bicyclic) bond motifs is 1. The van der Waals surface area contributed by atoms with E-state index in [-0.39, 0.29) is 11.8 Å². The number of amides is 1. The van der Waals surface area contributed by atoms with Crippen LogP contribution in [-0.4, -0.2) is 29.5 Å². The molecule has 0 spiro atoms. The molecule has 5 nitrogen and oxygen atoms in total. The third-order valence-corrected chi connectivity index (χ3v) is 4.92. The molecule has 28 heavy (non-hydrogen) atoms. The van der Waals surface area contributed by atoms with Crippen LogP contribution in [0.25, 0.3) is 10.9 Å². The summed E-state index contributed by atoms with van der Waals surface area (Å²) in [6.07, 6.45) is 5.27. The molecule has 4 rings (SSSR count). The number of benzene rings is 2. The first-order valence-corrected chi connectivity index (χ1v) is 9.14. The molecule has 0 saturated heterocycles. The number of pyridine rings is 1. The first-order chi connectivity index (χ1) is 13.8. The quantitative estimate of drug-likeness (QED) is 0.535. The van der Waals surface area contributed by atoms with E-state index in [9.17, 15) is 4.79 Å². The van der Waals surface area contributed by atoms with Crippen LogP contribution in [0.2, 0.25) is 0 Å². The van der Waals surface area contributed by atoms with Gasteiger partial charge in [-0.1, -0.05) is 30.3 Å². The van der Waals surface area contributed by atoms with Gasteiger partial charge in [0, 0.05) is 47.5 Å². The molecule has 1 atom stereocenters. The smallest absolute Gasteiger partial charge is 0.251 e. The maximum Gasteiger partial charge on any atom is 0.251 e. The van der Waals surface area contributed by atoms with Crippen molar-refractivity contribution in [1.82, 2.24) is 15.3 Å². The molecule has 0 fully saturated rings. The van der Waals surface area contributed by atoms with Crippen molar-refractivity contribution in [3.63, 3.8) is 0 Å². The average Bonchev–Trinajstić information content (AvgIpc) is 3.19. The minimum Gasteiger partial charge on any atom is -0.497 e. The number of ether oxygens (including phenoxy) is 1. The first kappa shape index (κ1) is 17.8.